The number of amides is 2. The predicted octanol–water partition coefficient (Wildman–Crippen LogP) is 4.59. The molecule has 0 aliphatic carbocycles. The molecule has 0 aromatic heterocycles. The van der Waals surface area contributed by atoms with Crippen molar-refractivity contribution < 1.29 is 14.0 Å². The summed E-state index contributed by atoms with van der Waals surface area (Å²) in [4.78, 5) is 34.9. The number of thioether (sulfide) groups is 1. The van der Waals surface area contributed by atoms with Crippen LogP contribution in [0, 0.1) is 5.82 Å². The molecule has 2 aromatic carbocycles. The first-order valence-corrected chi connectivity index (χ1v) is 11.4. The van der Waals surface area contributed by atoms with E-state index in [1.54, 1.807) is 17.0 Å². The number of likely N-dealkylation sites (tertiary alicyclic amines) is 1. The Morgan fingerprint density at radius 3 is 2.39 bits per heavy atom. The van der Waals surface area contributed by atoms with E-state index >= 15 is 0 Å². The van der Waals surface area contributed by atoms with Gasteiger partial charge in [0, 0.05) is 18.7 Å². The summed E-state index contributed by atoms with van der Waals surface area (Å²) in [5.41, 5.74) is 2.75. The number of nitrogens with zero attached hydrogens (tertiary/aromatic N) is 3. The van der Waals surface area contributed by atoms with Gasteiger partial charge in [-0.1, -0.05) is 43.2 Å². The van der Waals surface area contributed by atoms with Gasteiger partial charge in [-0.3, -0.25) is 9.59 Å². The second-order valence-electron chi connectivity index (χ2n) is 7.94. The van der Waals surface area contributed by atoms with Crippen molar-refractivity contribution in [3.05, 3.63) is 70.4 Å². The molecule has 2 amide bonds. The first-order valence-electron chi connectivity index (χ1n) is 10.6. The Kier molecular flexibility index (Phi) is 5.36. The molecule has 0 unspecified atom stereocenters. The topological polar surface area (TPSA) is 53.0 Å². The summed E-state index contributed by atoms with van der Waals surface area (Å²) in [6, 6.07) is 13.6. The number of amidine groups is 1. The lowest BCUT2D eigenvalue weighted by atomic mass is 10.1. The second-order valence-corrected chi connectivity index (χ2v) is 8.92. The van der Waals surface area contributed by atoms with Crippen LogP contribution < -0.4 is 4.90 Å². The van der Waals surface area contributed by atoms with E-state index in [0.717, 1.165) is 42.7 Å². The van der Waals surface area contributed by atoms with Crippen LogP contribution in [0.3, 0.4) is 0 Å². The van der Waals surface area contributed by atoms with Crippen LogP contribution in [0.2, 0.25) is 0 Å². The highest BCUT2D eigenvalue weighted by Crippen LogP contribution is 2.44. The molecule has 158 valence electrons. The van der Waals surface area contributed by atoms with Crippen molar-refractivity contribution in [2.75, 3.05) is 18.0 Å². The van der Waals surface area contributed by atoms with E-state index in [-0.39, 0.29) is 17.6 Å². The molecule has 0 N–H and O–H groups in total. The highest BCUT2D eigenvalue weighted by molar-refractivity contribution is 8.18. The summed E-state index contributed by atoms with van der Waals surface area (Å²) in [5, 5.41) is 0.705. The summed E-state index contributed by atoms with van der Waals surface area (Å²) in [6.07, 6.45) is 4.57. The molecule has 3 aliphatic rings. The molecule has 0 atom stereocenters. The van der Waals surface area contributed by atoms with E-state index in [1.165, 1.54) is 36.7 Å². The van der Waals surface area contributed by atoms with Gasteiger partial charge in [-0.25, -0.2) is 4.39 Å². The minimum Gasteiger partial charge on any atom is -0.351 e. The fraction of sp³-hybridized carbons (Fsp3) is 0.292. The molecule has 5 rings (SSSR count). The molecule has 0 spiro atoms. The van der Waals surface area contributed by atoms with Crippen molar-refractivity contribution in [3.63, 3.8) is 0 Å². The van der Waals surface area contributed by atoms with Crippen molar-refractivity contribution in [1.29, 1.82) is 0 Å². The minimum atomic E-state index is -0.342. The molecule has 7 heteroatoms. The van der Waals surface area contributed by atoms with Crippen LogP contribution in [-0.4, -0.2) is 35.0 Å². The van der Waals surface area contributed by atoms with Crippen LogP contribution >= 0.6 is 11.8 Å². The number of fused-ring (bicyclic) bond motifs is 1. The number of halogens is 1. The average Bonchev–Trinajstić information content (AvgIpc) is 3.13. The molecule has 1 fully saturated rings. The van der Waals surface area contributed by atoms with E-state index in [4.69, 9.17) is 0 Å². The van der Waals surface area contributed by atoms with Gasteiger partial charge in [0.1, 0.15) is 5.82 Å². The number of carbonyl (C=O) groups excluding carboxylic acids is 2. The molecular formula is C24H22FN3O2S. The van der Waals surface area contributed by atoms with Crippen LogP contribution in [0.25, 0.3) is 5.57 Å². The van der Waals surface area contributed by atoms with Crippen molar-refractivity contribution in [2.24, 2.45) is 4.99 Å². The summed E-state index contributed by atoms with van der Waals surface area (Å²) < 4.78 is 13.3. The van der Waals surface area contributed by atoms with Gasteiger partial charge < -0.3 is 9.80 Å². The molecule has 3 aliphatic heterocycles. The standard InChI is InChI=1S/C24H22FN3O2S/c25-17-11-9-16(10-12-17)15-28-19-8-4-3-7-18(19)20(23(28)30)21-22(29)26-24(31-21)27-13-5-1-2-6-14-27/h3-4,7-12H,1-2,5-6,13-15H2. The third-order valence-corrected chi connectivity index (χ3v) is 6.98. The second kappa shape index (κ2) is 8.30. The van der Waals surface area contributed by atoms with Crippen LogP contribution in [0.5, 0.6) is 0 Å². The number of benzene rings is 2. The Morgan fingerprint density at radius 2 is 1.65 bits per heavy atom. The number of hydrogen-bond donors (Lipinski definition) is 0. The molecule has 0 bridgehead atoms. The fourth-order valence-corrected chi connectivity index (χ4v) is 5.33. The smallest absolute Gasteiger partial charge is 0.287 e. The number of aliphatic imine (C=N–C) groups is 1. The maximum atomic E-state index is 13.5. The molecule has 1 saturated heterocycles. The molecular weight excluding hydrogens is 413 g/mol. The maximum Gasteiger partial charge on any atom is 0.287 e. The number of para-hydroxylation sites is 1. The Bertz CT molecular complexity index is 1100. The largest absolute Gasteiger partial charge is 0.351 e. The van der Waals surface area contributed by atoms with Crippen molar-refractivity contribution in [1.82, 2.24) is 4.90 Å². The Hall–Kier alpha value is -2.93. The normalized spacial score (nSPS) is 21.4. The minimum absolute atomic E-state index is 0.214. The molecule has 3 heterocycles. The molecule has 0 saturated carbocycles. The summed E-state index contributed by atoms with van der Waals surface area (Å²) in [7, 11) is 0. The van der Waals surface area contributed by atoms with Crippen molar-refractivity contribution in [3.8, 4) is 0 Å². The maximum absolute atomic E-state index is 13.5. The highest BCUT2D eigenvalue weighted by Gasteiger charge is 2.39. The van der Waals surface area contributed by atoms with E-state index in [9.17, 15) is 14.0 Å². The van der Waals surface area contributed by atoms with Crippen molar-refractivity contribution in [2.45, 2.75) is 32.2 Å². The average molecular weight is 436 g/mol. The Balaban J connectivity index is 1.48. The lowest BCUT2D eigenvalue weighted by molar-refractivity contribution is -0.115. The van der Waals surface area contributed by atoms with Gasteiger partial charge >= 0.3 is 0 Å². The number of rotatable bonds is 2. The zero-order chi connectivity index (χ0) is 21.4. The van der Waals surface area contributed by atoms with Gasteiger partial charge in [0.2, 0.25) is 0 Å². The van der Waals surface area contributed by atoms with Gasteiger partial charge in [-0.15, -0.1) is 0 Å². The quantitative estimate of drug-likeness (QED) is 0.648. The van der Waals surface area contributed by atoms with E-state index in [1.807, 2.05) is 24.3 Å². The number of anilines is 1. The lowest BCUT2D eigenvalue weighted by Gasteiger charge is -2.20. The highest BCUT2D eigenvalue weighted by atomic mass is 32.2. The zero-order valence-corrected chi connectivity index (χ0v) is 17.8. The fourth-order valence-electron chi connectivity index (χ4n) is 4.28. The summed E-state index contributed by atoms with van der Waals surface area (Å²) in [5.74, 6) is -0.870. The van der Waals surface area contributed by atoms with Crippen LogP contribution in [-0.2, 0) is 16.1 Å². The molecule has 0 radical (unpaired) electrons. The molecule has 31 heavy (non-hydrogen) atoms. The van der Waals surface area contributed by atoms with E-state index in [2.05, 4.69) is 9.89 Å². The molecule has 2 aromatic rings. The predicted molar refractivity (Wildman–Crippen MR) is 121 cm³/mol. The van der Waals surface area contributed by atoms with Crippen molar-refractivity contribution >= 4 is 40.0 Å². The third-order valence-electron chi connectivity index (χ3n) is 5.87. The van der Waals surface area contributed by atoms with Crippen LogP contribution in [0.1, 0.15) is 36.8 Å². The zero-order valence-electron chi connectivity index (χ0n) is 17.0. The van der Waals surface area contributed by atoms with Crippen LogP contribution in [0.4, 0.5) is 10.1 Å². The van der Waals surface area contributed by atoms with Gasteiger partial charge in [-0.2, -0.15) is 4.99 Å². The third kappa shape index (κ3) is 3.78. The lowest BCUT2D eigenvalue weighted by Crippen LogP contribution is -2.28. The van der Waals surface area contributed by atoms with E-state index in [0.29, 0.717) is 22.2 Å². The van der Waals surface area contributed by atoms with Gasteiger partial charge in [0.25, 0.3) is 11.8 Å². The van der Waals surface area contributed by atoms with Gasteiger partial charge in [0.05, 0.1) is 22.7 Å². The SMILES string of the molecule is O=C1N=C(N2CCCCCC2)SC1=C1C(=O)N(Cc2ccc(F)cc2)c2ccccc21. The number of carbonyl (C=O) groups is 2. The first kappa shape index (κ1) is 20.0. The van der Waals surface area contributed by atoms with Crippen LogP contribution in [0.15, 0.2) is 58.4 Å². The summed E-state index contributed by atoms with van der Waals surface area (Å²) in [6.45, 7) is 2.09. The Morgan fingerprint density at radius 1 is 0.935 bits per heavy atom. The first-order chi connectivity index (χ1) is 15.1. The summed E-state index contributed by atoms with van der Waals surface area (Å²) >= 11 is 1.32. The van der Waals surface area contributed by atoms with E-state index < -0.39 is 0 Å². The number of hydrogen-bond acceptors (Lipinski definition) is 4. The Labute approximate surface area is 184 Å². The van der Waals surface area contributed by atoms with Gasteiger partial charge in [-0.05, 0) is 48.4 Å². The monoisotopic (exact) mass is 435 g/mol. The molecule has 5 nitrogen and oxygen atoms in total. The van der Waals surface area contributed by atoms with Gasteiger partial charge in [0.15, 0.2) is 5.17 Å².